The average molecular weight is 250 g/mol. The maximum atomic E-state index is 11.2. The van der Waals surface area contributed by atoms with E-state index in [0.29, 0.717) is 13.2 Å². The van der Waals surface area contributed by atoms with Gasteiger partial charge < -0.3 is 15.8 Å². The van der Waals surface area contributed by atoms with Gasteiger partial charge in [0.15, 0.2) is 0 Å². The molecule has 0 bridgehead atoms. The molecule has 0 aliphatic carbocycles. The van der Waals surface area contributed by atoms with Gasteiger partial charge in [0.25, 0.3) is 0 Å². The van der Waals surface area contributed by atoms with E-state index in [2.05, 4.69) is 17.4 Å². The molecule has 100 valence electrons. The normalized spacial score (nSPS) is 14.1. The third kappa shape index (κ3) is 4.47. The second-order valence-electron chi connectivity index (χ2n) is 4.59. The van der Waals surface area contributed by atoms with E-state index in [0.717, 1.165) is 12.8 Å². The number of benzene rings is 1. The van der Waals surface area contributed by atoms with Crippen LogP contribution in [0.3, 0.4) is 0 Å². The monoisotopic (exact) mass is 250 g/mol. The molecule has 1 amide bonds. The average Bonchev–Trinajstić information content (AvgIpc) is 2.39. The van der Waals surface area contributed by atoms with Gasteiger partial charge in [0, 0.05) is 6.61 Å². The highest BCUT2D eigenvalue weighted by Crippen LogP contribution is 2.05. The molecule has 3 N–H and O–H groups in total. The third-order valence-electron chi connectivity index (χ3n) is 3.08. The van der Waals surface area contributed by atoms with Crippen molar-refractivity contribution < 1.29 is 9.53 Å². The third-order valence-corrected chi connectivity index (χ3v) is 3.08. The Morgan fingerprint density at radius 2 is 2.06 bits per heavy atom. The molecule has 1 aromatic carbocycles. The summed E-state index contributed by atoms with van der Waals surface area (Å²) in [5.74, 6) is -0.395. The highest BCUT2D eigenvalue weighted by atomic mass is 16.5. The second kappa shape index (κ2) is 7.13. The summed E-state index contributed by atoms with van der Waals surface area (Å²) >= 11 is 0. The number of nitrogens with two attached hydrogens (primary N) is 1. The molecular formula is C14H22N2O2. The lowest BCUT2D eigenvalue weighted by atomic mass is 10.0. The molecule has 0 fully saturated rings. The molecule has 18 heavy (non-hydrogen) atoms. The van der Waals surface area contributed by atoms with Gasteiger partial charge in [-0.1, -0.05) is 30.3 Å². The zero-order valence-electron chi connectivity index (χ0n) is 11.1. The van der Waals surface area contributed by atoms with Crippen LogP contribution >= 0.6 is 0 Å². The Balaban J connectivity index is 2.21. The van der Waals surface area contributed by atoms with Crippen LogP contribution in [0.2, 0.25) is 0 Å². The van der Waals surface area contributed by atoms with E-state index in [9.17, 15) is 4.79 Å². The molecule has 0 aliphatic rings. The number of ether oxygens (including phenoxy) is 1. The van der Waals surface area contributed by atoms with Crippen LogP contribution in [0, 0.1) is 0 Å². The lowest BCUT2D eigenvalue weighted by molar-refractivity contribution is -0.126. The molecule has 0 heterocycles. The van der Waals surface area contributed by atoms with Gasteiger partial charge in [-0.15, -0.1) is 0 Å². The van der Waals surface area contributed by atoms with Crippen LogP contribution in [0.25, 0.3) is 0 Å². The van der Waals surface area contributed by atoms with E-state index in [1.54, 1.807) is 14.0 Å². The highest BCUT2D eigenvalue weighted by molar-refractivity contribution is 5.84. The number of nitrogens with one attached hydrogen (secondary N) is 1. The summed E-state index contributed by atoms with van der Waals surface area (Å²) in [6.07, 6.45) is 1.91. The first kappa shape index (κ1) is 14.7. The van der Waals surface area contributed by atoms with Crippen molar-refractivity contribution in [2.24, 2.45) is 5.73 Å². The van der Waals surface area contributed by atoms with E-state index in [1.165, 1.54) is 5.56 Å². The molecule has 0 saturated carbocycles. The highest BCUT2D eigenvalue weighted by Gasteiger charge is 2.28. The molecule has 4 heteroatoms. The maximum Gasteiger partial charge on any atom is 0.239 e. The minimum absolute atomic E-state index is 0.299. The number of amides is 1. The van der Waals surface area contributed by atoms with Crippen molar-refractivity contribution in [2.75, 3.05) is 20.3 Å². The van der Waals surface area contributed by atoms with Gasteiger partial charge in [-0.2, -0.15) is 0 Å². The number of aryl methyl sites for hydroxylation is 1. The van der Waals surface area contributed by atoms with Crippen LogP contribution in [0.4, 0.5) is 0 Å². The van der Waals surface area contributed by atoms with Crippen LogP contribution in [0.5, 0.6) is 0 Å². The van der Waals surface area contributed by atoms with Crippen LogP contribution in [0.1, 0.15) is 18.9 Å². The number of primary amides is 1. The fraction of sp³-hybridized carbons (Fsp3) is 0.500. The van der Waals surface area contributed by atoms with Gasteiger partial charge in [-0.3, -0.25) is 4.79 Å². The fourth-order valence-electron chi connectivity index (χ4n) is 1.57. The fourth-order valence-corrected chi connectivity index (χ4v) is 1.57. The van der Waals surface area contributed by atoms with Crippen molar-refractivity contribution >= 4 is 5.91 Å². The predicted octanol–water partition coefficient (Wildman–Crippen LogP) is 1.10. The van der Waals surface area contributed by atoms with Crippen molar-refractivity contribution in [1.29, 1.82) is 0 Å². The largest absolute Gasteiger partial charge is 0.379 e. The first-order chi connectivity index (χ1) is 8.58. The van der Waals surface area contributed by atoms with Gasteiger partial charge in [0.2, 0.25) is 5.91 Å². The summed E-state index contributed by atoms with van der Waals surface area (Å²) in [5.41, 5.74) is 5.82. The number of rotatable bonds is 8. The molecule has 1 aromatic rings. The SMILES string of the molecule is CNC(C)(COCCCc1ccccc1)C(N)=O. The molecule has 1 rings (SSSR count). The maximum absolute atomic E-state index is 11.2. The number of hydrogen-bond donors (Lipinski definition) is 2. The van der Waals surface area contributed by atoms with Gasteiger partial charge in [-0.25, -0.2) is 0 Å². The lowest BCUT2D eigenvalue weighted by Gasteiger charge is -2.25. The molecule has 0 saturated heterocycles. The van der Waals surface area contributed by atoms with Crippen LogP contribution < -0.4 is 11.1 Å². The molecule has 0 spiro atoms. The first-order valence-corrected chi connectivity index (χ1v) is 6.19. The minimum atomic E-state index is -0.785. The van der Waals surface area contributed by atoms with Crippen molar-refractivity contribution in [3.63, 3.8) is 0 Å². The summed E-state index contributed by atoms with van der Waals surface area (Å²) < 4.78 is 5.51. The number of carbonyl (C=O) groups is 1. The van der Waals surface area contributed by atoms with E-state index in [1.807, 2.05) is 18.2 Å². The number of hydrogen-bond acceptors (Lipinski definition) is 3. The summed E-state index contributed by atoms with van der Waals surface area (Å²) in [7, 11) is 1.71. The quantitative estimate of drug-likeness (QED) is 0.679. The van der Waals surface area contributed by atoms with Gasteiger partial charge in [-0.05, 0) is 32.4 Å². The molecule has 0 radical (unpaired) electrons. The Hall–Kier alpha value is -1.39. The molecule has 1 atom stereocenters. The van der Waals surface area contributed by atoms with Gasteiger partial charge in [0.1, 0.15) is 5.54 Å². The number of likely N-dealkylation sites (N-methyl/N-ethyl adjacent to an activating group) is 1. The van der Waals surface area contributed by atoms with Crippen LogP contribution in [-0.4, -0.2) is 31.7 Å². The van der Waals surface area contributed by atoms with Crippen molar-refractivity contribution in [3.8, 4) is 0 Å². The minimum Gasteiger partial charge on any atom is -0.379 e. The summed E-state index contributed by atoms with van der Waals surface area (Å²) in [6.45, 7) is 2.67. The molecular weight excluding hydrogens is 228 g/mol. The van der Waals surface area contributed by atoms with E-state index < -0.39 is 11.4 Å². The predicted molar refractivity (Wildman–Crippen MR) is 72.2 cm³/mol. The molecule has 0 aromatic heterocycles. The first-order valence-electron chi connectivity index (χ1n) is 6.19. The number of carbonyl (C=O) groups excluding carboxylic acids is 1. The smallest absolute Gasteiger partial charge is 0.239 e. The Kier molecular flexibility index (Phi) is 5.82. The zero-order valence-corrected chi connectivity index (χ0v) is 11.1. The molecule has 1 unspecified atom stereocenters. The van der Waals surface area contributed by atoms with Gasteiger partial charge in [0.05, 0.1) is 6.61 Å². The second-order valence-corrected chi connectivity index (χ2v) is 4.59. The topological polar surface area (TPSA) is 64.3 Å². The summed E-state index contributed by atoms with van der Waals surface area (Å²) in [4.78, 5) is 11.2. The van der Waals surface area contributed by atoms with Crippen molar-refractivity contribution in [1.82, 2.24) is 5.32 Å². The molecule has 0 aliphatic heterocycles. The Morgan fingerprint density at radius 1 is 1.39 bits per heavy atom. The van der Waals surface area contributed by atoms with E-state index in [4.69, 9.17) is 10.5 Å². The van der Waals surface area contributed by atoms with Crippen molar-refractivity contribution in [3.05, 3.63) is 35.9 Å². The Morgan fingerprint density at radius 3 is 2.61 bits per heavy atom. The lowest BCUT2D eigenvalue weighted by Crippen LogP contribution is -2.54. The Bertz CT molecular complexity index is 367. The van der Waals surface area contributed by atoms with Crippen molar-refractivity contribution in [2.45, 2.75) is 25.3 Å². The van der Waals surface area contributed by atoms with Crippen LogP contribution in [-0.2, 0) is 16.0 Å². The summed E-state index contributed by atoms with van der Waals surface area (Å²) in [6, 6.07) is 10.3. The Labute approximate surface area is 109 Å². The van der Waals surface area contributed by atoms with Crippen LogP contribution in [0.15, 0.2) is 30.3 Å². The zero-order chi connectivity index (χ0) is 13.4. The molecule has 4 nitrogen and oxygen atoms in total. The standard InChI is InChI=1S/C14H22N2O2/c1-14(16-2,13(15)17)11-18-10-6-9-12-7-4-3-5-8-12/h3-5,7-8,16H,6,9-11H2,1-2H3,(H2,15,17). The summed E-state index contributed by atoms with van der Waals surface area (Å²) in [5, 5.41) is 2.89. The van der Waals surface area contributed by atoms with E-state index in [-0.39, 0.29) is 0 Å². The van der Waals surface area contributed by atoms with Gasteiger partial charge >= 0.3 is 0 Å². The van der Waals surface area contributed by atoms with E-state index >= 15 is 0 Å².